The van der Waals surface area contributed by atoms with Crippen LogP contribution in [0.25, 0.3) is 21.5 Å². The Balaban J connectivity index is 1.10. The summed E-state index contributed by atoms with van der Waals surface area (Å²) in [6.07, 6.45) is 0. The van der Waals surface area contributed by atoms with E-state index in [0.717, 1.165) is 0 Å². The van der Waals surface area contributed by atoms with Gasteiger partial charge in [-0.3, -0.25) is 9.44 Å². The molecule has 0 saturated carbocycles. The number of carboxylic acid groups (broad SMARTS) is 2. The molecular formula is C35H26N4O9S2. The lowest BCUT2D eigenvalue weighted by molar-refractivity contribution is 0.0686. The lowest BCUT2D eigenvalue weighted by Crippen LogP contribution is -2.19. The van der Waals surface area contributed by atoms with Crippen molar-refractivity contribution in [3.8, 4) is 0 Å². The molecule has 0 unspecified atom stereocenters. The summed E-state index contributed by atoms with van der Waals surface area (Å²) in [6, 6.07) is 29.0. The minimum atomic E-state index is -3.97. The van der Waals surface area contributed by atoms with Crippen molar-refractivity contribution in [1.82, 2.24) is 0 Å². The van der Waals surface area contributed by atoms with Crippen molar-refractivity contribution in [2.75, 3.05) is 20.1 Å². The number of carbonyl (C=O) groups excluding carboxylic acids is 1. The van der Waals surface area contributed by atoms with Crippen LogP contribution in [0.4, 0.5) is 27.5 Å². The van der Waals surface area contributed by atoms with E-state index in [0.29, 0.717) is 32.9 Å². The van der Waals surface area contributed by atoms with Gasteiger partial charge in [0.25, 0.3) is 20.0 Å². The zero-order valence-electron chi connectivity index (χ0n) is 25.6. The first-order valence-electron chi connectivity index (χ1n) is 14.6. The minimum absolute atomic E-state index is 0.00433. The number of benzene rings is 6. The zero-order chi connectivity index (χ0) is 35.6. The lowest BCUT2D eigenvalue weighted by Gasteiger charge is -2.12. The number of hydrogen-bond acceptors (Lipinski definition) is 7. The van der Waals surface area contributed by atoms with E-state index in [4.69, 9.17) is 10.2 Å². The molecule has 6 aromatic carbocycles. The van der Waals surface area contributed by atoms with Crippen LogP contribution in [0.2, 0.25) is 0 Å². The highest BCUT2D eigenvalue weighted by Gasteiger charge is 2.17. The number of anilines is 4. The van der Waals surface area contributed by atoms with Crippen LogP contribution in [-0.4, -0.2) is 45.0 Å². The van der Waals surface area contributed by atoms with Crippen LogP contribution < -0.4 is 20.1 Å². The van der Waals surface area contributed by atoms with Crippen LogP contribution in [-0.2, 0) is 20.0 Å². The standard InChI is InChI=1S/C35H26N4O9S2/c40-33(41)21-1-9-27(10-2-21)38-49(45,46)31-15-7-23-17-29(13-5-25(23)19-31)36-35(44)37-30-14-6-26-20-32(16-8-24(26)18-30)50(47,48)39-28-11-3-22(4-12-28)34(42)43/h1-20,38-39H,(H,40,41)(H,42,43)(H2,36,37,44). The third-order valence-electron chi connectivity index (χ3n) is 7.53. The molecule has 0 atom stereocenters. The molecule has 0 aliphatic carbocycles. The molecule has 0 aromatic heterocycles. The summed E-state index contributed by atoms with van der Waals surface area (Å²) < 4.78 is 56.7. The molecule has 2 amide bonds. The molecule has 0 bridgehead atoms. The quantitative estimate of drug-likeness (QED) is 0.0900. The van der Waals surface area contributed by atoms with Crippen molar-refractivity contribution in [3.63, 3.8) is 0 Å². The second-order valence-corrected chi connectivity index (χ2v) is 14.4. The van der Waals surface area contributed by atoms with Crippen LogP contribution in [0, 0.1) is 0 Å². The number of nitrogens with one attached hydrogen (secondary N) is 4. The molecule has 0 aliphatic rings. The van der Waals surface area contributed by atoms with E-state index in [2.05, 4.69) is 20.1 Å². The van der Waals surface area contributed by atoms with Gasteiger partial charge < -0.3 is 20.8 Å². The van der Waals surface area contributed by atoms with E-state index in [1.165, 1.54) is 72.8 Å². The molecule has 0 heterocycles. The molecule has 50 heavy (non-hydrogen) atoms. The summed E-state index contributed by atoms with van der Waals surface area (Å²) in [6.45, 7) is 0. The highest BCUT2D eigenvalue weighted by molar-refractivity contribution is 7.93. The molecule has 0 spiro atoms. The maximum atomic E-state index is 12.9. The van der Waals surface area contributed by atoms with Crippen molar-refractivity contribution in [2.45, 2.75) is 9.79 Å². The average Bonchev–Trinajstić information content (AvgIpc) is 3.07. The van der Waals surface area contributed by atoms with Crippen molar-refractivity contribution < 1.29 is 41.4 Å². The van der Waals surface area contributed by atoms with Gasteiger partial charge in [-0.2, -0.15) is 0 Å². The van der Waals surface area contributed by atoms with Gasteiger partial charge in [-0.25, -0.2) is 31.2 Å². The van der Waals surface area contributed by atoms with Crippen molar-refractivity contribution >= 4 is 82.3 Å². The molecule has 6 N–H and O–H groups in total. The maximum Gasteiger partial charge on any atom is 0.335 e. The SMILES string of the molecule is O=C(Nc1ccc2cc(S(=O)(=O)Nc3ccc(C(=O)O)cc3)ccc2c1)Nc1ccc2cc(S(=O)(=O)Nc3ccc(C(=O)O)cc3)ccc2c1. The normalized spacial score (nSPS) is 11.5. The number of sulfonamides is 2. The molecule has 6 aromatic rings. The number of rotatable bonds is 10. The maximum absolute atomic E-state index is 12.9. The number of urea groups is 1. The van der Waals surface area contributed by atoms with Gasteiger partial charge in [0, 0.05) is 22.7 Å². The van der Waals surface area contributed by atoms with Gasteiger partial charge >= 0.3 is 18.0 Å². The summed E-state index contributed by atoms with van der Waals surface area (Å²) >= 11 is 0. The van der Waals surface area contributed by atoms with Gasteiger partial charge in [0.1, 0.15) is 0 Å². The number of amides is 2. The van der Waals surface area contributed by atoms with Crippen LogP contribution >= 0.6 is 0 Å². The Morgan fingerprint density at radius 2 is 0.740 bits per heavy atom. The molecule has 13 nitrogen and oxygen atoms in total. The Morgan fingerprint density at radius 3 is 1.10 bits per heavy atom. The molecule has 6 rings (SSSR count). The summed E-state index contributed by atoms with van der Waals surface area (Å²) in [7, 11) is -7.94. The third-order valence-corrected chi connectivity index (χ3v) is 10.3. The molecule has 0 aliphatic heterocycles. The van der Waals surface area contributed by atoms with E-state index in [1.54, 1.807) is 48.5 Å². The molecular weight excluding hydrogens is 685 g/mol. The Hall–Kier alpha value is -6.45. The highest BCUT2D eigenvalue weighted by atomic mass is 32.2. The second kappa shape index (κ2) is 13.2. The number of carboxylic acids is 2. The van der Waals surface area contributed by atoms with Gasteiger partial charge in [0.05, 0.1) is 20.9 Å². The van der Waals surface area contributed by atoms with E-state index in [9.17, 15) is 31.2 Å². The van der Waals surface area contributed by atoms with E-state index in [-0.39, 0.29) is 32.3 Å². The van der Waals surface area contributed by atoms with Crippen molar-refractivity contribution in [1.29, 1.82) is 0 Å². The van der Waals surface area contributed by atoms with Crippen LogP contribution in [0.5, 0.6) is 0 Å². The van der Waals surface area contributed by atoms with E-state index in [1.807, 2.05) is 0 Å². The summed E-state index contributed by atoms with van der Waals surface area (Å²) in [5, 5.41) is 26.1. The molecule has 252 valence electrons. The molecule has 15 heteroatoms. The summed E-state index contributed by atoms with van der Waals surface area (Å²) in [5.41, 5.74) is 1.37. The van der Waals surface area contributed by atoms with Crippen molar-refractivity contribution in [2.24, 2.45) is 0 Å². The fourth-order valence-electron chi connectivity index (χ4n) is 5.02. The molecule has 0 saturated heterocycles. The summed E-state index contributed by atoms with van der Waals surface area (Å²) in [4.78, 5) is 34.9. The van der Waals surface area contributed by atoms with Gasteiger partial charge in [-0.1, -0.05) is 24.3 Å². The third kappa shape index (κ3) is 7.48. The lowest BCUT2D eigenvalue weighted by atomic mass is 10.1. The molecule has 0 fully saturated rings. The zero-order valence-corrected chi connectivity index (χ0v) is 27.2. The van der Waals surface area contributed by atoms with E-state index < -0.39 is 38.0 Å². The van der Waals surface area contributed by atoms with Crippen LogP contribution in [0.15, 0.2) is 131 Å². The van der Waals surface area contributed by atoms with Crippen LogP contribution in [0.1, 0.15) is 20.7 Å². The minimum Gasteiger partial charge on any atom is -0.478 e. The fourth-order valence-corrected chi connectivity index (χ4v) is 7.21. The Kier molecular flexibility index (Phi) is 8.84. The topological polar surface area (TPSA) is 208 Å². The highest BCUT2D eigenvalue weighted by Crippen LogP contribution is 2.27. The van der Waals surface area contributed by atoms with Gasteiger partial charge in [-0.15, -0.1) is 0 Å². The predicted octanol–water partition coefficient (Wildman–Crippen LogP) is 6.64. The smallest absolute Gasteiger partial charge is 0.335 e. The monoisotopic (exact) mass is 710 g/mol. The number of aromatic carboxylic acids is 2. The van der Waals surface area contributed by atoms with E-state index >= 15 is 0 Å². The number of hydrogen-bond donors (Lipinski definition) is 6. The first-order valence-corrected chi connectivity index (χ1v) is 17.6. The predicted molar refractivity (Wildman–Crippen MR) is 189 cm³/mol. The number of carbonyl (C=O) groups is 3. The Morgan fingerprint density at radius 1 is 0.420 bits per heavy atom. The van der Waals surface area contributed by atoms with Gasteiger partial charge in [-0.05, 0) is 119 Å². The Bertz CT molecular complexity index is 2360. The first kappa shape index (κ1) is 33.5. The largest absolute Gasteiger partial charge is 0.478 e. The molecule has 0 radical (unpaired) electrons. The van der Waals surface area contributed by atoms with Gasteiger partial charge in [0.2, 0.25) is 0 Å². The van der Waals surface area contributed by atoms with Crippen LogP contribution in [0.3, 0.4) is 0 Å². The average molecular weight is 711 g/mol. The summed E-state index contributed by atoms with van der Waals surface area (Å²) in [5.74, 6) is -2.25. The second-order valence-electron chi connectivity index (χ2n) is 11.0. The fraction of sp³-hybridized carbons (Fsp3) is 0. The number of fused-ring (bicyclic) bond motifs is 2. The van der Waals surface area contributed by atoms with Gasteiger partial charge in [0.15, 0.2) is 0 Å². The Labute approximate surface area is 285 Å². The first-order chi connectivity index (χ1) is 23.8. The van der Waals surface area contributed by atoms with Crippen molar-refractivity contribution in [3.05, 3.63) is 132 Å².